The van der Waals surface area contributed by atoms with E-state index in [1.807, 2.05) is 6.92 Å². The zero-order chi connectivity index (χ0) is 20.5. The Morgan fingerprint density at radius 1 is 1.07 bits per heavy atom. The van der Waals surface area contributed by atoms with Crippen LogP contribution >= 0.6 is 11.6 Å². The third-order valence-corrected chi connectivity index (χ3v) is 4.53. The number of pyridine rings is 1. The number of hydrogen-bond acceptors (Lipinski definition) is 2. The van der Waals surface area contributed by atoms with Crippen LogP contribution in [0.3, 0.4) is 0 Å². The minimum atomic E-state index is -4.50. The van der Waals surface area contributed by atoms with Gasteiger partial charge < -0.3 is 4.57 Å². The van der Waals surface area contributed by atoms with E-state index in [0.717, 1.165) is 24.3 Å². The molecule has 0 bridgehead atoms. The molecule has 0 aliphatic carbocycles. The van der Waals surface area contributed by atoms with Gasteiger partial charge in [-0.25, -0.2) is 0 Å². The summed E-state index contributed by atoms with van der Waals surface area (Å²) < 4.78 is 39.9. The van der Waals surface area contributed by atoms with Gasteiger partial charge in [0.25, 0.3) is 0 Å². The molecule has 3 nitrogen and oxygen atoms in total. The van der Waals surface area contributed by atoms with E-state index in [2.05, 4.69) is 0 Å². The van der Waals surface area contributed by atoms with Crippen LogP contribution in [0.15, 0.2) is 65.7 Å². The highest BCUT2D eigenvalue weighted by Crippen LogP contribution is 2.29. The second kappa shape index (κ2) is 7.64. The maximum atomic E-state index is 12.9. The molecule has 3 rings (SSSR count). The summed E-state index contributed by atoms with van der Waals surface area (Å²) in [5.41, 5.74) is -0.612. The molecule has 0 radical (unpaired) electrons. The van der Waals surface area contributed by atoms with Crippen molar-refractivity contribution in [3.8, 4) is 11.1 Å². The summed E-state index contributed by atoms with van der Waals surface area (Å²) in [5, 5.41) is 0.444. The van der Waals surface area contributed by atoms with Crippen molar-refractivity contribution in [1.82, 2.24) is 4.57 Å². The second-order valence-corrected chi connectivity index (χ2v) is 6.60. The van der Waals surface area contributed by atoms with Crippen LogP contribution in [0.1, 0.15) is 28.4 Å². The number of rotatable bonds is 4. The first kappa shape index (κ1) is 19.9. The fourth-order valence-corrected chi connectivity index (χ4v) is 2.99. The zero-order valence-electron chi connectivity index (χ0n) is 14.8. The molecule has 0 aliphatic heterocycles. The quantitative estimate of drug-likeness (QED) is 0.542. The van der Waals surface area contributed by atoms with E-state index in [1.165, 1.54) is 6.20 Å². The Hall–Kier alpha value is -2.86. The van der Waals surface area contributed by atoms with Gasteiger partial charge in [0.05, 0.1) is 11.1 Å². The van der Waals surface area contributed by atoms with Gasteiger partial charge in [-0.05, 0) is 36.8 Å². The van der Waals surface area contributed by atoms with E-state index < -0.39 is 23.0 Å². The molecule has 1 aromatic heterocycles. The van der Waals surface area contributed by atoms with Crippen LogP contribution < -0.4 is 5.43 Å². The van der Waals surface area contributed by atoms with Crippen LogP contribution in [0.25, 0.3) is 11.1 Å². The minimum Gasteiger partial charge on any atom is -0.353 e. The second-order valence-electron chi connectivity index (χ2n) is 6.16. The van der Waals surface area contributed by atoms with E-state index in [-0.39, 0.29) is 11.1 Å². The van der Waals surface area contributed by atoms with Crippen molar-refractivity contribution in [2.45, 2.75) is 19.6 Å². The molecular weight excluding hydrogens is 391 g/mol. The van der Waals surface area contributed by atoms with Gasteiger partial charge in [0.2, 0.25) is 5.43 Å². The SMILES string of the molecule is CCn1cc(C(=O)c2ccc(C(F)(F)F)cc2)c(=O)c(-c2cccc(Cl)c2)c1. The standard InChI is InChI=1S/C21H15ClF3NO2/c1-2-26-11-17(14-4-3-5-16(22)10-14)20(28)18(12-26)19(27)13-6-8-15(9-7-13)21(23,24)25/h3-12H,2H2,1H3. The minimum absolute atomic E-state index is 0.0102. The van der Waals surface area contributed by atoms with Crippen LogP contribution in [0.2, 0.25) is 5.02 Å². The number of benzene rings is 2. The van der Waals surface area contributed by atoms with Crippen LogP contribution in [-0.2, 0) is 12.7 Å². The first-order valence-electron chi connectivity index (χ1n) is 8.42. The van der Waals surface area contributed by atoms with E-state index in [1.54, 1.807) is 35.0 Å². The Bertz CT molecular complexity index is 1090. The van der Waals surface area contributed by atoms with Crippen LogP contribution in [0.5, 0.6) is 0 Å². The van der Waals surface area contributed by atoms with Crippen molar-refractivity contribution >= 4 is 17.4 Å². The molecule has 0 unspecified atom stereocenters. The summed E-state index contributed by atoms with van der Waals surface area (Å²) in [6, 6.07) is 10.5. The molecule has 0 saturated carbocycles. The molecule has 1 heterocycles. The van der Waals surface area contributed by atoms with E-state index in [4.69, 9.17) is 11.6 Å². The van der Waals surface area contributed by atoms with E-state index in [9.17, 15) is 22.8 Å². The van der Waals surface area contributed by atoms with Crippen LogP contribution in [0.4, 0.5) is 13.2 Å². The summed E-state index contributed by atoms with van der Waals surface area (Å²) in [7, 11) is 0. The van der Waals surface area contributed by atoms with Crippen molar-refractivity contribution in [2.75, 3.05) is 0 Å². The van der Waals surface area contributed by atoms with E-state index in [0.29, 0.717) is 22.7 Å². The predicted molar refractivity (Wildman–Crippen MR) is 102 cm³/mol. The number of carbonyl (C=O) groups is 1. The Morgan fingerprint density at radius 3 is 2.32 bits per heavy atom. The number of halogens is 4. The highest BCUT2D eigenvalue weighted by molar-refractivity contribution is 6.30. The van der Waals surface area contributed by atoms with Gasteiger partial charge in [-0.1, -0.05) is 35.9 Å². The molecule has 3 aromatic rings. The topological polar surface area (TPSA) is 39.1 Å². The van der Waals surface area contributed by atoms with Gasteiger partial charge in [0.15, 0.2) is 5.78 Å². The summed E-state index contributed by atoms with van der Waals surface area (Å²) in [6.45, 7) is 2.35. The van der Waals surface area contributed by atoms with Crippen molar-refractivity contribution in [3.05, 3.63) is 92.9 Å². The van der Waals surface area contributed by atoms with Crippen molar-refractivity contribution in [2.24, 2.45) is 0 Å². The molecule has 7 heteroatoms. The fourth-order valence-electron chi connectivity index (χ4n) is 2.80. The third-order valence-electron chi connectivity index (χ3n) is 4.30. The Morgan fingerprint density at radius 2 is 1.75 bits per heavy atom. The molecule has 0 N–H and O–H groups in total. The number of carbonyl (C=O) groups excluding carboxylic acids is 1. The molecule has 144 valence electrons. The lowest BCUT2D eigenvalue weighted by Gasteiger charge is -2.11. The maximum Gasteiger partial charge on any atom is 0.416 e. The summed E-state index contributed by atoms with van der Waals surface area (Å²) in [6.07, 6.45) is -1.46. The lowest BCUT2D eigenvalue weighted by Crippen LogP contribution is -2.20. The number of aromatic nitrogens is 1. The molecule has 0 fully saturated rings. The average Bonchev–Trinajstić information content (AvgIpc) is 2.67. The van der Waals surface area contributed by atoms with Gasteiger partial charge in [-0.3, -0.25) is 9.59 Å². The Balaban J connectivity index is 2.10. The van der Waals surface area contributed by atoms with Gasteiger partial charge in [-0.2, -0.15) is 13.2 Å². The fraction of sp³-hybridized carbons (Fsp3) is 0.143. The Labute approximate surface area is 164 Å². The monoisotopic (exact) mass is 405 g/mol. The number of aryl methyl sites for hydroxylation is 1. The van der Waals surface area contributed by atoms with Gasteiger partial charge >= 0.3 is 6.18 Å². The van der Waals surface area contributed by atoms with Crippen molar-refractivity contribution in [3.63, 3.8) is 0 Å². The molecular formula is C21H15ClF3NO2. The number of alkyl halides is 3. The number of nitrogens with zero attached hydrogens (tertiary/aromatic N) is 1. The van der Waals surface area contributed by atoms with Crippen LogP contribution in [0, 0.1) is 0 Å². The molecule has 0 atom stereocenters. The molecule has 0 spiro atoms. The first-order valence-corrected chi connectivity index (χ1v) is 8.80. The molecule has 28 heavy (non-hydrogen) atoms. The lowest BCUT2D eigenvalue weighted by molar-refractivity contribution is -0.137. The summed E-state index contributed by atoms with van der Waals surface area (Å²) >= 11 is 6.00. The predicted octanol–water partition coefficient (Wildman–Crippen LogP) is 5.44. The third kappa shape index (κ3) is 4.02. The number of hydrogen-bond donors (Lipinski definition) is 0. The molecule has 2 aromatic carbocycles. The first-order chi connectivity index (χ1) is 13.2. The summed E-state index contributed by atoms with van der Waals surface area (Å²) in [4.78, 5) is 25.8. The lowest BCUT2D eigenvalue weighted by atomic mass is 9.99. The van der Waals surface area contributed by atoms with Gasteiger partial charge in [0, 0.05) is 35.1 Å². The van der Waals surface area contributed by atoms with Crippen molar-refractivity contribution in [1.29, 1.82) is 0 Å². The normalized spacial score (nSPS) is 11.5. The molecule has 0 aliphatic rings. The summed E-state index contributed by atoms with van der Waals surface area (Å²) in [5.74, 6) is -0.634. The van der Waals surface area contributed by atoms with Gasteiger partial charge in [0.1, 0.15) is 0 Å². The Kier molecular flexibility index (Phi) is 5.42. The largest absolute Gasteiger partial charge is 0.416 e. The van der Waals surface area contributed by atoms with Gasteiger partial charge in [-0.15, -0.1) is 0 Å². The highest BCUT2D eigenvalue weighted by atomic mass is 35.5. The number of ketones is 1. The highest BCUT2D eigenvalue weighted by Gasteiger charge is 2.30. The van der Waals surface area contributed by atoms with Crippen LogP contribution in [-0.4, -0.2) is 10.4 Å². The van der Waals surface area contributed by atoms with E-state index >= 15 is 0 Å². The van der Waals surface area contributed by atoms with Crippen molar-refractivity contribution < 1.29 is 18.0 Å². The molecule has 0 saturated heterocycles. The maximum absolute atomic E-state index is 12.9. The average molecular weight is 406 g/mol. The molecule has 0 amide bonds. The zero-order valence-corrected chi connectivity index (χ0v) is 15.5. The smallest absolute Gasteiger partial charge is 0.353 e.